The van der Waals surface area contributed by atoms with Crippen LogP contribution in [0.15, 0.2) is 158 Å². The molecule has 0 saturated heterocycles. The van der Waals surface area contributed by atoms with E-state index >= 15 is 0 Å². The highest BCUT2D eigenvalue weighted by atomic mass is 32.1. The summed E-state index contributed by atoms with van der Waals surface area (Å²) < 4.78 is 12.2. The minimum atomic E-state index is -0.112. The molecule has 4 aliphatic rings. The van der Waals surface area contributed by atoms with Crippen molar-refractivity contribution in [2.45, 2.75) is 110 Å². The van der Waals surface area contributed by atoms with E-state index in [1.54, 1.807) is 0 Å². The summed E-state index contributed by atoms with van der Waals surface area (Å²) in [6.07, 6.45) is 7.05. The maximum atomic E-state index is 6.78. The van der Waals surface area contributed by atoms with Crippen LogP contribution in [0.2, 0.25) is 0 Å². The zero-order chi connectivity index (χ0) is 50.9. The molecule has 1 aliphatic carbocycles. The number of fused-ring (bicyclic) bond motifs is 16. The molecule has 0 bridgehead atoms. The highest BCUT2D eigenvalue weighted by Crippen LogP contribution is 2.57. The molecule has 9 aromatic carbocycles. The van der Waals surface area contributed by atoms with Crippen molar-refractivity contribution in [3.63, 3.8) is 0 Å². The number of benzene rings is 9. The Kier molecular flexibility index (Phi) is 9.56. The van der Waals surface area contributed by atoms with Crippen LogP contribution < -0.4 is 25.4 Å². The Morgan fingerprint density at radius 2 is 1.27 bits per heavy atom. The van der Waals surface area contributed by atoms with Crippen molar-refractivity contribution < 1.29 is 4.74 Å². The average molecular weight is 992 g/mol. The molecule has 0 amide bonds. The van der Waals surface area contributed by atoms with Gasteiger partial charge in [-0.2, -0.15) is 0 Å². The van der Waals surface area contributed by atoms with E-state index in [2.05, 4.69) is 227 Å². The van der Waals surface area contributed by atoms with Gasteiger partial charge in [0, 0.05) is 53.6 Å². The fourth-order valence-corrected chi connectivity index (χ4v) is 15.0. The molecule has 11 aromatic rings. The Bertz CT molecular complexity index is 4200. The van der Waals surface area contributed by atoms with Gasteiger partial charge in [-0.25, -0.2) is 0 Å². The van der Waals surface area contributed by atoms with Crippen LogP contribution in [0.1, 0.15) is 110 Å². The molecule has 0 atom stereocenters. The smallest absolute Gasteiger partial charge is 0.333 e. The van der Waals surface area contributed by atoms with Crippen LogP contribution in [0.3, 0.4) is 0 Å². The number of rotatable bonds is 6. The molecule has 5 heterocycles. The number of aryl methyl sites for hydroxylation is 1. The first-order valence-electron chi connectivity index (χ1n) is 27.5. The predicted octanol–water partition coefficient (Wildman–Crippen LogP) is 18.5. The van der Waals surface area contributed by atoms with Crippen molar-refractivity contribution in [2.75, 3.05) is 9.71 Å². The molecule has 0 radical (unpaired) electrons. The lowest BCUT2D eigenvalue weighted by Gasteiger charge is -2.43. The van der Waals surface area contributed by atoms with E-state index in [1.807, 2.05) is 11.3 Å². The number of ether oxygens (including phenoxy) is 1. The molecule has 0 saturated carbocycles. The standard InChI is InChI=1S/C69H62BN3OS/c1-9-10-11-18-41-25-31-53-52(35-41)70-65-49(38-58(71-54-21-14-16-23-59(54)74-60-24-17-15-22-55(60)71)64-63-45-20-13-12-19-42(45)26-32-56(63)72(53)66(64)65)46-36-47-48-37-50-51(69(7,8)34-33-68(50,5)6)39-61(48)75-62(47)40-57(46)73(70)44-29-27-43(28-30-44)67(2,3)4/h12-17,19-32,35-40H,9-11,18,33-34H2,1-8H3. The van der Waals surface area contributed by atoms with Gasteiger partial charge in [0.15, 0.2) is 11.5 Å². The highest BCUT2D eigenvalue weighted by molar-refractivity contribution is 7.26. The predicted molar refractivity (Wildman–Crippen MR) is 322 cm³/mol. The monoisotopic (exact) mass is 991 g/mol. The summed E-state index contributed by atoms with van der Waals surface area (Å²) in [7, 11) is 0. The number of hydrogen-bond donors (Lipinski definition) is 0. The molecule has 0 N–H and O–H groups in total. The fraction of sp³-hybridized carbons (Fsp3) is 0.246. The number of thiophene rings is 1. The first-order chi connectivity index (χ1) is 36.3. The third-order valence-corrected chi connectivity index (χ3v) is 19.1. The first-order valence-corrected chi connectivity index (χ1v) is 28.4. The van der Waals surface area contributed by atoms with Gasteiger partial charge in [0.25, 0.3) is 0 Å². The zero-order valence-electron chi connectivity index (χ0n) is 44.5. The highest BCUT2D eigenvalue weighted by Gasteiger charge is 2.46. The van der Waals surface area contributed by atoms with Crippen LogP contribution in [0.4, 0.5) is 28.4 Å². The number of anilines is 5. The summed E-state index contributed by atoms with van der Waals surface area (Å²) in [6, 6.07) is 61.0. The molecule has 0 unspecified atom stereocenters. The first kappa shape index (κ1) is 45.1. The van der Waals surface area contributed by atoms with E-state index in [9.17, 15) is 0 Å². The van der Waals surface area contributed by atoms with Crippen molar-refractivity contribution in [3.8, 4) is 28.3 Å². The largest absolute Gasteiger partial charge is 0.453 e. The number of aromatic nitrogens is 1. The Hall–Kier alpha value is -7.28. The summed E-state index contributed by atoms with van der Waals surface area (Å²) in [4.78, 5) is 5.26. The fourth-order valence-electron chi connectivity index (χ4n) is 13.9. The maximum absolute atomic E-state index is 6.78. The van der Waals surface area contributed by atoms with E-state index in [0.717, 1.165) is 35.0 Å². The number of unbranched alkanes of at least 4 members (excludes halogenated alkanes) is 2. The van der Waals surface area contributed by atoms with Gasteiger partial charge < -0.3 is 19.0 Å². The van der Waals surface area contributed by atoms with Crippen LogP contribution >= 0.6 is 11.3 Å². The molecule has 3 aliphatic heterocycles. The van der Waals surface area contributed by atoms with E-state index in [4.69, 9.17) is 4.74 Å². The normalized spacial score (nSPS) is 15.8. The molecular weight excluding hydrogens is 930 g/mol. The van der Waals surface area contributed by atoms with E-state index in [0.29, 0.717) is 0 Å². The molecular formula is C69H62BN3OS. The minimum Gasteiger partial charge on any atom is -0.453 e. The summed E-state index contributed by atoms with van der Waals surface area (Å²) in [5, 5.41) is 7.76. The van der Waals surface area contributed by atoms with Gasteiger partial charge in [0.1, 0.15) is 0 Å². The molecule has 6 heteroatoms. The van der Waals surface area contributed by atoms with E-state index < -0.39 is 0 Å². The number of para-hydroxylation sites is 4. The lowest BCUT2D eigenvalue weighted by molar-refractivity contribution is 0.332. The lowest BCUT2D eigenvalue weighted by Crippen LogP contribution is -2.60. The molecule has 0 fully saturated rings. The summed E-state index contributed by atoms with van der Waals surface area (Å²) in [6.45, 7) is 19.0. The number of hydrogen-bond acceptors (Lipinski definition) is 4. The molecule has 368 valence electrons. The van der Waals surface area contributed by atoms with Crippen molar-refractivity contribution in [2.24, 2.45) is 0 Å². The van der Waals surface area contributed by atoms with Gasteiger partial charge in [-0.05, 0) is 170 Å². The molecule has 75 heavy (non-hydrogen) atoms. The van der Waals surface area contributed by atoms with Gasteiger partial charge in [-0.1, -0.05) is 147 Å². The maximum Gasteiger partial charge on any atom is 0.333 e. The summed E-state index contributed by atoms with van der Waals surface area (Å²) in [5.74, 6) is 1.71. The van der Waals surface area contributed by atoms with Crippen molar-refractivity contribution in [3.05, 3.63) is 180 Å². The molecule has 0 spiro atoms. The van der Waals surface area contributed by atoms with Gasteiger partial charge >= 0.3 is 6.85 Å². The van der Waals surface area contributed by atoms with Crippen LogP contribution in [0, 0.1) is 0 Å². The number of nitrogens with zero attached hydrogens (tertiary/aromatic N) is 3. The Morgan fingerprint density at radius 3 is 2.00 bits per heavy atom. The van der Waals surface area contributed by atoms with E-state index in [1.165, 1.54) is 146 Å². The average Bonchev–Trinajstić information content (AvgIpc) is 3.98. The topological polar surface area (TPSA) is 20.6 Å². The van der Waals surface area contributed by atoms with Gasteiger partial charge in [-0.3, -0.25) is 0 Å². The van der Waals surface area contributed by atoms with Gasteiger partial charge in [-0.15, -0.1) is 11.3 Å². The van der Waals surface area contributed by atoms with Crippen LogP contribution in [0.25, 0.3) is 69.6 Å². The van der Waals surface area contributed by atoms with Crippen molar-refractivity contribution in [1.82, 2.24) is 4.57 Å². The van der Waals surface area contributed by atoms with Crippen LogP contribution in [-0.4, -0.2) is 11.4 Å². The third-order valence-electron chi connectivity index (χ3n) is 18.0. The second-order valence-corrected chi connectivity index (χ2v) is 25.6. The molecule has 2 aromatic heterocycles. The third kappa shape index (κ3) is 6.48. The van der Waals surface area contributed by atoms with Crippen molar-refractivity contribution >= 4 is 110 Å². The zero-order valence-corrected chi connectivity index (χ0v) is 45.3. The van der Waals surface area contributed by atoms with Gasteiger partial charge in [0.2, 0.25) is 0 Å². The Morgan fingerprint density at radius 1 is 0.587 bits per heavy atom. The van der Waals surface area contributed by atoms with Crippen molar-refractivity contribution in [1.29, 1.82) is 0 Å². The van der Waals surface area contributed by atoms with Crippen LogP contribution in [0.5, 0.6) is 11.5 Å². The Balaban J connectivity index is 1.13. The SMILES string of the molecule is CCCCCc1ccc2c(c1)B1c3c(cc(N4c5ccccc5Oc5ccccc54)c4c5c6ccccc6ccc5n-2c34)-c2cc3c(cc2N1c1ccc(C(C)(C)C)cc1)sc1cc2c(cc13)C(C)(C)CCC2(C)C. The summed E-state index contributed by atoms with van der Waals surface area (Å²) in [5.41, 5.74) is 20.8. The minimum absolute atomic E-state index is 0.0182. The quantitative estimate of drug-likeness (QED) is 0.122. The lowest BCUT2D eigenvalue weighted by atomic mass is 9.43. The summed E-state index contributed by atoms with van der Waals surface area (Å²) >= 11 is 1.98. The van der Waals surface area contributed by atoms with Gasteiger partial charge in [0.05, 0.1) is 28.1 Å². The second-order valence-electron chi connectivity index (χ2n) is 24.5. The van der Waals surface area contributed by atoms with E-state index in [-0.39, 0.29) is 23.1 Å². The molecule has 4 nitrogen and oxygen atoms in total. The second kappa shape index (κ2) is 15.9. The Labute approximate surface area is 445 Å². The molecule has 15 rings (SSSR count). The van der Waals surface area contributed by atoms with Crippen LogP contribution in [-0.2, 0) is 22.7 Å².